The second-order valence-corrected chi connectivity index (χ2v) is 5.24. The first kappa shape index (κ1) is 16.7. The minimum atomic E-state index is -0.934. The largest absolute Gasteiger partial charge is 0.481 e. The fourth-order valence-electron chi connectivity index (χ4n) is 2.43. The lowest BCUT2D eigenvalue weighted by molar-refractivity contribution is -0.143. The van der Waals surface area contributed by atoms with Crippen LogP contribution in [-0.4, -0.2) is 48.2 Å². The molecule has 2 rings (SSSR count). The molecule has 1 fully saturated rings. The van der Waals surface area contributed by atoms with Gasteiger partial charge < -0.3 is 20.1 Å². The predicted octanol–water partition coefficient (Wildman–Crippen LogP) is 1.94. The molecule has 1 aromatic carbocycles. The molecule has 2 N–H and O–H groups in total. The van der Waals surface area contributed by atoms with Crippen molar-refractivity contribution in [1.82, 2.24) is 4.90 Å². The van der Waals surface area contributed by atoms with Gasteiger partial charge in [-0.25, -0.2) is 14.0 Å². The van der Waals surface area contributed by atoms with Crippen LogP contribution in [0.25, 0.3) is 0 Å². The molecule has 0 aliphatic carbocycles. The number of anilines is 1. The van der Waals surface area contributed by atoms with E-state index in [2.05, 4.69) is 10.1 Å². The van der Waals surface area contributed by atoms with Gasteiger partial charge in [0, 0.05) is 18.8 Å². The SMILES string of the molecule is COC(=O)c1ccc(NC(=O)N2CCCC(C(=O)O)C2)cc1F. The van der Waals surface area contributed by atoms with E-state index in [1.54, 1.807) is 0 Å². The van der Waals surface area contributed by atoms with Crippen molar-refractivity contribution in [3.05, 3.63) is 29.6 Å². The van der Waals surface area contributed by atoms with Gasteiger partial charge >= 0.3 is 18.0 Å². The maximum Gasteiger partial charge on any atom is 0.340 e. The van der Waals surface area contributed by atoms with Crippen molar-refractivity contribution in [2.45, 2.75) is 12.8 Å². The lowest BCUT2D eigenvalue weighted by Gasteiger charge is -2.30. The van der Waals surface area contributed by atoms with Crippen LogP contribution >= 0.6 is 0 Å². The van der Waals surface area contributed by atoms with Crippen LogP contribution in [0.3, 0.4) is 0 Å². The highest BCUT2D eigenvalue weighted by molar-refractivity contribution is 5.92. The Labute approximate surface area is 132 Å². The van der Waals surface area contributed by atoms with Crippen molar-refractivity contribution in [3.63, 3.8) is 0 Å². The molecule has 0 bridgehead atoms. The number of carbonyl (C=O) groups excluding carboxylic acids is 2. The van der Waals surface area contributed by atoms with E-state index >= 15 is 0 Å². The van der Waals surface area contributed by atoms with Gasteiger partial charge in [0.05, 0.1) is 18.6 Å². The number of esters is 1. The molecule has 0 radical (unpaired) electrons. The molecule has 1 unspecified atom stereocenters. The molecule has 2 amide bonds. The van der Waals surface area contributed by atoms with Crippen LogP contribution in [0.1, 0.15) is 23.2 Å². The third-order valence-electron chi connectivity index (χ3n) is 3.68. The number of carboxylic acid groups (broad SMARTS) is 1. The Morgan fingerprint density at radius 1 is 1.39 bits per heavy atom. The van der Waals surface area contributed by atoms with Gasteiger partial charge in [0.25, 0.3) is 0 Å². The zero-order valence-corrected chi connectivity index (χ0v) is 12.5. The van der Waals surface area contributed by atoms with Crippen molar-refractivity contribution in [2.24, 2.45) is 5.92 Å². The number of urea groups is 1. The fourth-order valence-corrected chi connectivity index (χ4v) is 2.43. The standard InChI is InChI=1S/C15H17FN2O5/c1-23-14(21)11-5-4-10(7-12(11)16)17-15(22)18-6-2-3-9(8-18)13(19)20/h4-5,7,9H,2-3,6,8H2,1H3,(H,17,22)(H,19,20). The lowest BCUT2D eigenvalue weighted by Crippen LogP contribution is -2.44. The van der Waals surface area contributed by atoms with E-state index < -0.39 is 29.7 Å². The number of carboxylic acids is 1. The number of halogens is 1. The molecule has 1 aromatic rings. The van der Waals surface area contributed by atoms with Crippen LogP contribution in [0.5, 0.6) is 0 Å². The van der Waals surface area contributed by atoms with Gasteiger partial charge in [0.2, 0.25) is 0 Å². The topological polar surface area (TPSA) is 95.9 Å². The summed E-state index contributed by atoms with van der Waals surface area (Å²) < 4.78 is 18.2. The molecule has 1 aliphatic rings. The van der Waals surface area contributed by atoms with E-state index in [-0.39, 0.29) is 17.8 Å². The van der Waals surface area contributed by atoms with E-state index in [0.29, 0.717) is 19.4 Å². The third kappa shape index (κ3) is 3.97. The first-order chi connectivity index (χ1) is 10.9. The van der Waals surface area contributed by atoms with Crippen molar-refractivity contribution < 1.29 is 28.6 Å². The number of ether oxygens (including phenoxy) is 1. The van der Waals surface area contributed by atoms with Crippen LogP contribution in [0.4, 0.5) is 14.9 Å². The van der Waals surface area contributed by atoms with Crippen LogP contribution in [-0.2, 0) is 9.53 Å². The third-order valence-corrected chi connectivity index (χ3v) is 3.68. The molecule has 7 nitrogen and oxygen atoms in total. The number of rotatable bonds is 3. The summed E-state index contributed by atoms with van der Waals surface area (Å²) in [5.74, 6) is -3.14. The van der Waals surface area contributed by atoms with E-state index in [4.69, 9.17) is 5.11 Å². The summed E-state index contributed by atoms with van der Waals surface area (Å²) in [6.07, 6.45) is 1.13. The Kier molecular flexibility index (Phi) is 5.15. The van der Waals surface area contributed by atoms with Crippen LogP contribution in [0, 0.1) is 11.7 Å². The monoisotopic (exact) mass is 324 g/mol. The molecular formula is C15H17FN2O5. The number of hydrogen-bond acceptors (Lipinski definition) is 4. The summed E-state index contributed by atoms with van der Waals surface area (Å²) in [6.45, 7) is 0.558. The zero-order chi connectivity index (χ0) is 17.0. The Hall–Kier alpha value is -2.64. The van der Waals surface area contributed by atoms with Crippen LogP contribution in [0.2, 0.25) is 0 Å². The second kappa shape index (κ2) is 7.08. The Balaban J connectivity index is 2.04. The average Bonchev–Trinajstić information content (AvgIpc) is 2.54. The maximum absolute atomic E-state index is 13.8. The molecule has 0 spiro atoms. The molecule has 1 saturated heterocycles. The minimum absolute atomic E-state index is 0.115. The number of methoxy groups -OCH3 is 1. The molecule has 1 heterocycles. The Bertz CT molecular complexity index is 634. The van der Waals surface area contributed by atoms with Gasteiger partial charge in [-0.3, -0.25) is 4.79 Å². The van der Waals surface area contributed by atoms with Gasteiger partial charge in [-0.1, -0.05) is 0 Å². The van der Waals surface area contributed by atoms with Gasteiger partial charge in [-0.05, 0) is 31.0 Å². The van der Waals surface area contributed by atoms with Crippen molar-refractivity contribution in [2.75, 3.05) is 25.5 Å². The number of amides is 2. The van der Waals surface area contributed by atoms with Crippen LogP contribution in [0.15, 0.2) is 18.2 Å². The zero-order valence-electron chi connectivity index (χ0n) is 12.5. The number of benzene rings is 1. The van der Waals surface area contributed by atoms with E-state index in [1.165, 1.54) is 17.0 Å². The summed E-state index contributed by atoms with van der Waals surface area (Å²) in [4.78, 5) is 35.8. The summed E-state index contributed by atoms with van der Waals surface area (Å²) in [5, 5.41) is 11.5. The van der Waals surface area contributed by atoms with Crippen LogP contribution < -0.4 is 5.32 Å². The number of carbonyl (C=O) groups is 3. The molecule has 1 aliphatic heterocycles. The number of hydrogen-bond donors (Lipinski definition) is 2. The van der Waals surface area contributed by atoms with E-state index in [1.807, 2.05) is 0 Å². The number of nitrogens with zero attached hydrogens (tertiary/aromatic N) is 1. The number of piperidine rings is 1. The number of aliphatic carboxylic acids is 1. The van der Waals surface area contributed by atoms with Gasteiger partial charge in [0.1, 0.15) is 5.82 Å². The predicted molar refractivity (Wildman–Crippen MR) is 78.7 cm³/mol. The molecule has 1 atom stereocenters. The minimum Gasteiger partial charge on any atom is -0.481 e. The molecule has 8 heteroatoms. The molecular weight excluding hydrogens is 307 g/mol. The van der Waals surface area contributed by atoms with E-state index in [9.17, 15) is 18.8 Å². The second-order valence-electron chi connectivity index (χ2n) is 5.24. The van der Waals surface area contributed by atoms with Gasteiger partial charge in [-0.2, -0.15) is 0 Å². The van der Waals surface area contributed by atoms with E-state index in [0.717, 1.165) is 13.2 Å². The van der Waals surface area contributed by atoms with Crippen molar-refractivity contribution in [1.29, 1.82) is 0 Å². The first-order valence-corrected chi connectivity index (χ1v) is 7.09. The Morgan fingerprint density at radius 3 is 2.74 bits per heavy atom. The van der Waals surface area contributed by atoms with Crippen molar-refractivity contribution in [3.8, 4) is 0 Å². The summed E-state index contributed by atoms with van der Waals surface area (Å²) in [6, 6.07) is 3.11. The smallest absolute Gasteiger partial charge is 0.340 e. The maximum atomic E-state index is 13.8. The highest BCUT2D eigenvalue weighted by Crippen LogP contribution is 2.19. The number of likely N-dealkylation sites (tertiary alicyclic amines) is 1. The fraction of sp³-hybridized carbons (Fsp3) is 0.400. The van der Waals surface area contributed by atoms with Gasteiger partial charge in [0.15, 0.2) is 0 Å². The summed E-state index contributed by atoms with van der Waals surface area (Å²) >= 11 is 0. The van der Waals surface area contributed by atoms with Crippen molar-refractivity contribution >= 4 is 23.7 Å². The highest BCUT2D eigenvalue weighted by Gasteiger charge is 2.28. The Morgan fingerprint density at radius 2 is 2.13 bits per heavy atom. The molecule has 23 heavy (non-hydrogen) atoms. The normalized spacial score (nSPS) is 17.5. The quantitative estimate of drug-likeness (QED) is 0.828. The molecule has 0 saturated carbocycles. The summed E-state index contributed by atoms with van der Waals surface area (Å²) in [7, 11) is 1.15. The highest BCUT2D eigenvalue weighted by atomic mass is 19.1. The number of nitrogens with one attached hydrogen (secondary N) is 1. The van der Waals surface area contributed by atoms with Gasteiger partial charge in [-0.15, -0.1) is 0 Å². The lowest BCUT2D eigenvalue weighted by atomic mass is 9.99. The average molecular weight is 324 g/mol. The molecule has 124 valence electrons. The first-order valence-electron chi connectivity index (χ1n) is 7.09. The molecule has 0 aromatic heterocycles. The summed E-state index contributed by atoms with van der Waals surface area (Å²) in [5.41, 5.74) is -0.0491.